The third-order valence-corrected chi connectivity index (χ3v) is 4.47. The van der Waals surface area contributed by atoms with Crippen LogP contribution in [0.25, 0.3) is 0 Å². The Bertz CT molecular complexity index is 692. The highest BCUT2D eigenvalue weighted by atomic mass is 16.2. The number of benzene rings is 1. The summed E-state index contributed by atoms with van der Waals surface area (Å²) in [7, 11) is 0. The number of amides is 2. The minimum Gasteiger partial charge on any atom is -0.326 e. The van der Waals surface area contributed by atoms with Crippen LogP contribution in [0.15, 0.2) is 41.0 Å². The van der Waals surface area contributed by atoms with Gasteiger partial charge in [-0.15, -0.1) is 0 Å². The minimum absolute atomic E-state index is 0.123. The Morgan fingerprint density at radius 2 is 1.96 bits per heavy atom. The molecule has 1 aliphatic rings. The van der Waals surface area contributed by atoms with Crippen LogP contribution in [-0.4, -0.2) is 17.5 Å². The van der Waals surface area contributed by atoms with Gasteiger partial charge in [0.05, 0.1) is 0 Å². The molecule has 2 amide bonds. The van der Waals surface area contributed by atoms with Gasteiger partial charge in [0.1, 0.15) is 0 Å². The molecule has 5 heteroatoms. The van der Waals surface area contributed by atoms with Crippen LogP contribution in [0.1, 0.15) is 51.5 Å². The summed E-state index contributed by atoms with van der Waals surface area (Å²) in [5.41, 5.74) is 6.76. The average molecular weight is 341 g/mol. The molecular weight excluding hydrogens is 314 g/mol. The molecule has 2 rings (SSSR count). The zero-order valence-corrected chi connectivity index (χ0v) is 15.3. The molecule has 1 atom stereocenters. The lowest BCUT2D eigenvalue weighted by Gasteiger charge is -2.20. The second kappa shape index (κ2) is 9.16. The van der Waals surface area contributed by atoms with Crippen LogP contribution < -0.4 is 10.7 Å². The largest absolute Gasteiger partial charge is 0.326 e. The van der Waals surface area contributed by atoms with Gasteiger partial charge in [-0.2, -0.15) is 5.10 Å². The average Bonchev–Trinajstić information content (AvgIpc) is 2.58. The number of carbonyl (C=O) groups is 2. The highest BCUT2D eigenvalue weighted by Crippen LogP contribution is 2.24. The molecular formula is C20H27N3O2. The van der Waals surface area contributed by atoms with Crippen LogP contribution in [-0.2, 0) is 9.59 Å². The smallest absolute Gasteiger partial charge is 0.240 e. The number of hydrogen-bond donors (Lipinski definition) is 2. The Balaban J connectivity index is 1.73. The van der Waals surface area contributed by atoms with Crippen LogP contribution in [0.3, 0.4) is 0 Å². The number of nitrogens with one attached hydrogen (secondary N) is 2. The molecule has 1 aromatic carbocycles. The molecule has 25 heavy (non-hydrogen) atoms. The van der Waals surface area contributed by atoms with Gasteiger partial charge in [0, 0.05) is 30.2 Å². The van der Waals surface area contributed by atoms with Crippen molar-refractivity contribution >= 4 is 23.2 Å². The third-order valence-electron chi connectivity index (χ3n) is 4.47. The first-order valence-electron chi connectivity index (χ1n) is 8.79. The summed E-state index contributed by atoms with van der Waals surface area (Å²) in [5, 5.41) is 7.00. The maximum absolute atomic E-state index is 11.9. The first-order valence-corrected chi connectivity index (χ1v) is 8.79. The summed E-state index contributed by atoms with van der Waals surface area (Å²) in [6.45, 7) is 6.06. The topological polar surface area (TPSA) is 70.6 Å². The molecule has 0 saturated heterocycles. The van der Waals surface area contributed by atoms with Crippen LogP contribution in [0.4, 0.5) is 5.69 Å². The Kier molecular flexibility index (Phi) is 6.92. The molecule has 1 aromatic rings. The van der Waals surface area contributed by atoms with Crippen molar-refractivity contribution in [1.29, 1.82) is 0 Å². The molecule has 0 spiro atoms. The van der Waals surface area contributed by atoms with Crippen LogP contribution >= 0.6 is 0 Å². The van der Waals surface area contributed by atoms with Crippen molar-refractivity contribution in [2.24, 2.45) is 11.0 Å². The van der Waals surface area contributed by atoms with Gasteiger partial charge < -0.3 is 5.32 Å². The highest BCUT2D eigenvalue weighted by Gasteiger charge is 2.15. The van der Waals surface area contributed by atoms with E-state index in [-0.39, 0.29) is 24.7 Å². The number of hydrazone groups is 1. The zero-order valence-electron chi connectivity index (χ0n) is 15.3. The van der Waals surface area contributed by atoms with E-state index in [9.17, 15) is 9.59 Å². The van der Waals surface area contributed by atoms with Gasteiger partial charge in [-0.05, 0) is 57.7 Å². The van der Waals surface area contributed by atoms with E-state index in [0.717, 1.165) is 36.2 Å². The van der Waals surface area contributed by atoms with Crippen molar-refractivity contribution in [2.75, 3.05) is 5.32 Å². The first-order chi connectivity index (χ1) is 11.9. The Morgan fingerprint density at radius 1 is 1.20 bits per heavy atom. The van der Waals surface area contributed by atoms with E-state index in [1.165, 1.54) is 5.57 Å². The SMILES string of the molecule is CC1=CCC(/C(C)=N\NC(=O)CCC(=O)Nc2cccc(C)c2)CC1. The predicted molar refractivity (Wildman–Crippen MR) is 101 cm³/mol. The van der Waals surface area contributed by atoms with Gasteiger partial charge in [-0.1, -0.05) is 23.8 Å². The number of allylic oxidation sites excluding steroid dienone is 2. The number of anilines is 1. The van der Waals surface area contributed by atoms with Gasteiger partial charge in [0.25, 0.3) is 0 Å². The quantitative estimate of drug-likeness (QED) is 0.467. The molecule has 0 fully saturated rings. The number of aryl methyl sites for hydroxylation is 1. The van der Waals surface area contributed by atoms with Crippen LogP contribution in [0, 0.1) is 12.8 Å². The molecule has 134 valence electrons. The lowest BCUT2D eigenvalue weighted by Crippen LogP contribution is -2.24. The van der Waals surface area contributed by atoms with Gasteiger partial charge in [-0.3, -0.25) is 9.59 Å². The van der Waals surface area contributed by atoms with E-state index >= 15 is 0 Å². The molecule has 0 aliphatic heterocycles. The number of carbonyl (C=O) groups excluding carboxylic acids is 2. The summed E-state index contributed by atoms with van der Waals surface area (Å²) >= 11 is 0. The molecule has 5 nitrogen and oxygen atoms in total. The van der Waals surface area contributed by atoms with E-state index in [1.54, 1.807) is 0 Å². The van der Waals surface area contributed by atoms with Gasteiger partial charge in [0.2, 0.25) is 11.8 Å². The maximum atomic E-state index is 11.9. The molecule has 2 N–H and O–H groups in total. The fourth-order valence-corrected chi connectivity index (χ4v) is 2.82. The van der Waals surface area contributed by atoms with Gasteiger partial charge in [0.15, 0.2) is 0 Å². The second-order valence-corrected chi connectivity index (χ2v) is 6.73. The molecule has 1 unspecified atom stereocenters. The van der Waals surface area contributed by atoms with Crippen molar-refractivity contribution < 1.29 is 9.59 Å². The number of rotatable bonds is 6. The summed E-state index contributed by atoms with van der Waals surface area (Å²) in [4.78, 5) is 23.8. The van der Waals surface area contributed by atoms with E-state index in [1.807, 2.05) is 38.1 Å². The fourth-order valence-electron chi connectivity index (χ4n) is 2.82. The van der Waals surface area contributed by atoms with E-state index in [4.69, 9.17) is 0 Å². The number of hydrogen-bond acceptors (Lipinski definition) is 3. The predicted octanol–water partition coefficient (Wildman–Crippen LogP) is 3.95. The minimum atomic E-state index is -0.235. The Labute approximate surface area is 149 Å². The van der Waals surface area contributed by atoms with E-state index in [0.29, 0.717) is 5.92 Å². The van der Waals surface area contributed by atoms with Crippen molar-refractivity contribution in [2.45, 2.75) is 52.9 Å². The van der Waals surface area contributed by atoms with Crippen molar-refractivity contribution in [1.82, 2.24) is 5.43 Å². The molecule has 0 aromatic heterocycles. The normalized spacial score (nSPS) is 17.6. The standard InChI is InChI=1S/C20H27N3O2/c1-14-7-9-17(10-8-14)16(3)22-23-20(25)12-11-19(24)21-18-6-4-5-15(2)13-18/h4-7,13,17H,8-12H2,1-3H3,(H,21,24)(H,23,25)/b22-16-. The van der Waals surface area contributed by atoms with E-state index < -0.39 is 0 Å². The van der Waals surface area contributed by atoms with Crippen molar-refractivity contribution in [3.63, 3.8) is 0 Å². The Hall–Kier alpha value is -2.43. The highest BCUT2D eigenvalue weighted by molar-refractivity contribution is 5.93. The van der Waals surface area contributed by atoms with Crippen LogP contribution in [0.2, 0.25) is 0 Å². The first kappa shape index (κ1) is 18.9. The molecule has 1 aliphatic carbocycles. The van der Waals surface area contributed by atoms with Gasteiger partial charge >= 0.3 is 0 Å². The Morgan fingerprint density at radius 3 is 2.64 bits per heavy atom. The van der Waals surface area contributed by atoms with Crippen LogP contribution in [0.5, 0.6) is 0 Å². The summed E-state index contributed by atoms with van der Waals surface area (Å²) in [6.07, 6.45) is 5.65. The number of nitrogens with zero attached hydrogens (tertiary/aromatic N) is 1. The summed E-state index contributed by atoms with van der Waals surface area (Å²) in [5.74, 6) is -0.00997. The summed E-state index contributed by atoms with van der Waals surface area (Å²) < 4.78 is 0. The summed E-state index contributed by atoms with van der Waals surface area (Å²) in [6, 6.07) is 7.58. The van der Waals surface area contributed by atoms with Gasteiger partial charge in [-0.25, -0.2) is 5.43 Å². The molecule has 0 radical (unpaired) electrons. The maximum Gasteiger partial charge on any atom is 0.240 e. The lowest BCUT2D eigenvalue weighted by atomic mass is 9.87. The fraction of sp³-hybridized carbons (Fsp3) is 0.450. The van der Waals surface area contributed by atoms with Crippen molar-refractivity contribution in [3.05, 3.63) is 41.5 Å². The monoisotopic (exact) mass is 341 g/mol. The lowest BCUT2D eigenvalue weighted by molar-refractivity contribution is -0.124. The van der Waals surface area contributed by atoms with E-state index in [2.05, 4.69) is 28.8 Å². The second-order valence-electron chi connectivity index (χ2n) is 6.73. The molecule has 0 saturated carbocycles. The van der Waals surface area contributed by atoms with Crippen molar-refractivity contribution in [3.8, 4) is 0 Å². The molecule has 0 heterocycles. The zero-order chi connectivity index (χ0) is 18.2. The third kappa shape index (κ3) is 6.53. The molecule has 0 bridgehead atoms.